The molecule has 1 unspecified atom stereocenters. The van der Waals surface area contributed by atoms with E-state index in [0.29, 0.717) is 5.56 Å². The second-order valence-electron chi connectivity index (χ2n) is 3.74. The summed E-state index contributed by atoms with van der Waals surface area (Å²) in [5.41, 5.74) is 2.86. The predicted molar refractivity (Wildman–Crippen MR) is 59.5 cm³/mol. The van der Waals surface area contributed by atoms with Crippen molar-refractivity contribution in [3.8, 4) is 0 Å². The lowest BCUT2D eigenvalue weighted by molar-refractivity contribution is -0.0298. The average Bonchev–Trinajstić information content (AvgIpc) is 2.08. The number of hydrogen-bond acceptors (Lipinski definition) is 1. The van der Waals surface area contributed by atoms with E-state index in [1.54, 1.807) is 19.1 Å². The molecular weight excluding hydrogens is 266 g/mol. The van der Waals surface area contributed by atoms with Crippen molar-refractivity contribution in [3.63, 3.8) is 0 Å². The molecule has 0 saturated heterocycles. The normalized spacial score (nSPS) is 14.1. The van der Waals surface area contributed by atoms with Gasteiger partial charge < -0.3 is 5.11 Å². The molecule has 1 atom stereocenters. The van der Waals surface area contributed by atoms with Crippen LogP contribution in [0.5, 0.6) is 0 Å². The highest BCUT2D eigenvalue weighted by Gasteiger charge is 2.36. The highest BCUT2D eigenvalue weighted by molar-refractivity contribution is 9.10. The molecule has 4 heteroatoms. The van der Waals surface area contributed by atoms with Gasteiger partial charge in [0.05, 0.1) is 0 Å². The van der Waals surface area contributed by atoms with Crippen molar-refractivity contribution in [3.05, 3.63) is 34.4 Å². The number of rotatable bonds is 2. The lowest BCUT2D eigenvalue weighted by Crippen LogP contribution is -2.19. The molecule has 0 fully saturated rings. The Morgan fingerprint density at radius 2 is 1.60 bits per heavy atom. The Hall–Kier alpha value is -0.480. The van der Waals surface area contributed by atoms with Gasteiger partial charge in [0.2, 0.25) is 0 Å². The Bertz CT molecular complexity index is 372. The van der Waals surface area contributed by atoms with Crippen molar-refractivity contribution in [2.75, 3.05) is 0 Å². The third-order valence-corrected chi connectivity index (χ3v) is 2.92. The van der Waals surface area contributed by atoms with Crippen LogP contribution in [0.3, 0.4) is 0 Å². The maximum atomic E-state index is 12.9. The molecule has 0 amide bonds. The summed E-state index contributed by atoms with van der Waals surface area (Å²) >= 11 is 2.17. The molecule has 0 bridgehead atoms. The van der Waals surface area contributed by atoms with Gasteiger partial charge in [-0.1, -0.05) is 12.1 Å². The number of aliphatic hydroxyl groups is 1. The molecule has 0 spiro atoms. The maximum absolute atomic E-state index is 12.9. The monoisotopic (exact) mass is 278 g/mol. The van der Waals surface area contributed by atoms with E-state index in [0.717, 1.165) is 11.1 Å². The average molecular weight is 279 g/mol. The molecule has 0 radical (unpaired) electrons. The Balaban J connectivity index is 3.21. The molecule has 0 aliphatic carbocycles. The van der Waals surface area contributed by atoms with E-state index >= 15 is 0 Å². The highest BCUT2D eigenvalue weighted by atomic mass is 79.9. The number of alkyl halides is 3. The molecule has 1 nitrogen and oxygen atoms in total. The molecule has 1 aromatic rings. The largest absolute Gasteiger partial charge is 0.381 e. The van der Waals surface area contributed by atoms with Gasteiger partial charge in [0, 0.05) is 0 Å². The summed E-state index contributed by atoms with van der Waals surface area (Å²) in [6.07, 6.45) is -1.81. The van der Waals surface area contributed by atoms with E-state index in [2.05, 4.69) is 15.9 Å². The second-order valence-corrected chi connectivity index (χ2v) is 4.79. The van der Waals surface area contributed by atoms with Crippen LogP contribution in [0.15, 0.2) is 12.1 Å². The fourth-order valence-electron chi connectivity index (χ4n) is 1.45. The number of aryl methyl sites for hydroxylation is 3. The van der Waals surface area contributed by atoms with Crippen molar-refractivity contribution < 1.29 is 13.9 Å². The van der Waals surface area contributed by atoms with Crippen LogP contribution in [-0.2, 0) is 0 Å². The van der Waals surface area contributed by atoms with Crippen molar-refractivity contribution in [2.45, 2.75) is 31.7 Å². The third-order valence-electron chi connectivity index (χ3n) is 2.49. The van der Waals surface area contributed by atoms with Gasteiger partial charge in [-0.25, -0.2) is 0 Å². The summed E-state index contributed by atoms with van der Waals surface area (Å²) in [5, 5.41) is 9.46. The van der Waals surface area contributed by atoms with Crippen LogP contribution in [0.4, 0.5) is 8.78 Å². The van der Waals surface area contributed by atoms with Gasteiger partial charge in [-0.15, -0.1) is 0 Å². The van der Waals surface area contributed by atoms with Crippen molar-refractivity contribution in [1.82, 2.24) is 0 Å². The smallest absolute Gasteiger partial charge is 0.330 e. The first-order valence-corrected chi connectivity index (χ1v) is 5.35. The Kier molecular flexibility index (Phi) is 3.51. The van der Waals surface area contributed by atoms with Crippen LogP contribution in [0.25, 0.3) is 0 Å². The lowest BCUT2D eigenvalue weighted by atomic mass is 9.97. The molecule has 15 heavy (non-hydrogen) atoms. The van der Waals surface area contributed by atoms with Crippen LogP contribution in [-0.4, -0.2) is 9.94 Å². The fraction of sp³-hybridized carbons (Fsp3) is 0.455. The number of hydrogen-bond donors (Lipinski definition) is 1. The minimum Gasteiger partial charge on any atom is -0.381 e. The van der Waals surface area contributed by atoms with Gasteiger partial charge >= 0.3 is 4.83 Å². The van der Waals surface area contributed by atoms with Gasteiger partial charge in [-0.05, 0) is 59.0 Å². The van der Waals surface area contributed by atoms with Crippen LogP contribution < -0.4 is 0 Å². The van der Waals surface area contributed by atoms with Crippen molar-refractivity contribution >= 4 is 15.9 Å². The van der Waals surface area contributed by atoms with Gasteiger partial charge in [0.25, 0.3) is 0 Å². The van der Waals surface area contributed by atoms with E-state index in [1.807, 2.05) is 13.8 Å². The Labute approximate surface area is 96.2 Å². The molecule has 0 saturated carbocycles. The van der Waals surface area contributed by atoms with E-state index in [-0.39, 0.29) is 5.56 Å². The third kappa shape index (κ3) is 2.75. The molecule has 0 aliphatic heterocycles. The number of benzene rings is 1. The molecule has 0 heterocycles. The highest BCUT2D eigenvalue weighted by Crippen LogP contribution is 2.38. The summed E-state index contributed by atoms with van der Waals surface area (Å²) in [6.45, 7) is 5.45. The molecular formula is C11H13BrF2O. The summed E-state index contributed by atoms with van der Waals surface area (Å²) < 4.78 is 25.8. The first-order valence-electron chi connectivity index (χ1n) is 4.56. The lowest BCUT2D eigenvalue weighted by Gasteiger charge is -2.19. The van der Waals surface area contributed by atoms with Crippen LogP contribution >= 0.6 is 15.9 Å². The van der Waals surface area contributed by atoms with Gasteiger partial charge in [0.1, 0.15) is 0 Å². The number of aliphatic hydroxyl groups excluding tert-OH is 1. The van der Waals surface area contributed by atoms with Crippen LogP contribution in [0.2, 0.25) is 0 Å². The fourth-order valence-corrected chi connectivity index (χ4v) is 1.70. The molecule has 0 aliphatic rings. The van der Waals surface area contributed by atoms with E-state index in [9.17, 15) is 13.9 Å². The zero-order chi connectivity index (χ0) is 11.8. The predicted octanol–water partition coefficient (Wildman–Crippen LogP) is 3.63. The summed E-state index contributed by atoms with van der Waals surface area (Å²) in [5.74, 6) is 0. The second kappa shape index (κ2) is 4.18. The Morgan fingerprint density at radius 1 is 1.13 bits per heavy atom. The first kappa shape index (κ1) is 12.6. The molecule has 1 N–H and O–H groups in total. The topological polar surface area (TPSA) is 20.2 Å². The first-order chi connectivity index (χ1) is 6.73. The van der Waals surface area contributed by atoms with Crippen molar-refractivity contribution in [1.29, 1.82) is 0 Å². The van der Waals surface area contributed by atoms with Crippen LogP contribution in [0.1, 0.15) is 28.4 Å². The zero-order valence-corrected chi connectivity index (χ0v) is 10.4. The number of halogens is 3. The summed E-state index contributed by atoms with van der Waals surface area (Å²) in [7, 11) is 0. The van der Waals surface area contributed by atoms with Crippen LogP contribution in [0, 0.1) is 20.8 Å². The molecule has 1 rings (SSSR count). The van der Waals surface area contributed by atoms with E-state index < -0.39 is 10.9 Å². The molecule has 1 aromatic carbocycles. The summed E-state index contributed by atoms with van der Waals surface area (Å²) in [6, 6.07) is 3.40. The minimum absolute atomic E-state index is 0.264. The SMILES string of the molecule is Cc1cc(C)c(C(O)C(F)(F)Br)cc1C. The maximum Gasteiger partial charge on any atom is 0.330 e. The molecule has 84 valence electrons. The quantitative estimate of drug-likeness (QED) is 0.819. The van der Waals surface area contributed by atoms with Gasteiger partial charge in [-0.3, -0.25) is 0 Å². The van der Waals surface area contributed by atoms with E-state index in [4.69, 9.17) is 0 Å². The Morgan fingerprint density at radius 3 is 2.07 bits per heavy atom. The van der Waals surface area contributed by atoms with Gasteiger partial charge in [-0.2, -0.15) is 8.78 Å². The van der Waals surface area contributed by atoms with E-state index in [1.165, 1.54) is 0 Å². The zero-order valence-electron chi connectivity index (χ0n) is 8.81. The van der Waals surface area contributed by atoms with Gasteiger partial charge in [0.15, 0.2) is 6.10 Å². The van der Waals surface area contributed by atoms with Crippen molar-refractivity contribution in [2.24, 2.45) is 0 Å². The standard InChI is InChI=1S/C11H13BrF2O/c1-6-4-8(3)9(5-7(6)2)10(15)11(12,13)14/h4-5,10,15H,1-3H3. The minimum atomic E-state index is -3.29. The summed E-state index contributed by atoms with van der Waals surface area (Å²) in [4.78, 5) is -3.29. The molecule has 0 aromatic heterocycles.